The Kier molecular flexibility index (Phi) is 10.4. The summed E-state index contributed by atoms with van der Waals surface area (Å²) < 4.78 is 61.1. The van der Waals surface area contributed by atoms with Gasteiger partial charge >= 0.3 is 6.03 Å². The molecule has 0 saturated carbocycles. The van der Waals surface area contributed by atoms with Crippen LogP contribution in [0.2, 0.25) is 5.02 Å². The van der Waals surface area contributed by atoms with E-state index in [0.29, 0.717) is 21.5 Å². The molecule has 36 heavy (non-hydrogen) atoms. The first-order valence-corrected chi connectivity index (χ1v) is 12.2. The second-order valence-electron chi connectivity index (χ2n) is 7.05. The second-order valence-corrected chi connectivity index (χ2v) is 9.70. The van der Waals surface area contributed by atoms with Crippen molar-refractivity contribution in [2.45, 2.75) is 4.90 Å². The van der Waals surface area contributed by atoms with Crippen molar-refractivity contribution in [2.24, 2.45) is 0 Å². The van der Waals surface area contributed by atoms with Crippen molar-refractivity contribution < 1.29 is 41.5 Å². The Labute approximate surface area is 214 Å². The van der Waals surface area contributed by atoms with Crippen LogP contribution >= 0.6 is 23.2 Å². The summed E-state index contributed by atoms with van der Waals surface area (Å²) in [7, 11) is -3.52. The number of halogens is 4. The van der Waals surface area contributed by atoms with Gasteiger partial charge in [0.1, 0.15) is 11.6 Å². The van der Waals surface area contributed by atoms with Crippen LogP contribution in [0.4, 0.5) is 13.6 Å². The minimum atomic E-state index is -4.73. The third kappa shape index (κ3) is 7.73. The highest BCUT2D eigenvalue weighted by atomic mass is 35.5. The van der Waals surface area contributed by atoms with Crippen molar-refractivity contribution in [3.8, 4) is 11.5 Å². The van der Waals surface area contributed by atoms with Crippen LogP contribution in [0, 0.1) is 11.6 Å². The molecular formula is C20H20Cl2F2N4O7S. The highest BCUT2D eigenvalue weighted by molar-refractivity contribution is 7.89. The topological polar surface area (TPSA) is 145 Å². The first kappa shape index (κ1) is 29.2. The van der Waals surface area contributed by atoms with E-state index >= 15 is 0 Å². The molecule has 4 amide bonds. The maximum atomic E-state index is 14.7. The van der Waals surface area contributed by atoms with E-state index in [-0.39, 0.29) is 12.3 Å². The Morgan fingerprint density at radius 2 is 1.64 bits per heavy atom. The van der Waals surface area contributed by atoms with Gasteiger partial charge in [-0.05, 0) is 36.4 Å². The number of urea groups is 1. The second kappa shape index (κ2) is 12.8. The maximum Gasteiger partial charge on any atom is 0.323 e. The van der Waals surface area contributed by atoms with Gasteiger partial charge in [0.05, 0.1) is 11.4 Å². The molecule has 2 aromatic carbocycles. The van der Waals surface area contributed by atoms with Crippen LogP contribution in [0.5, 0.6) is 11.5 Å². The van der Waals surface area contributed by atoms with Crippen LogP contribution in [-0.2, 0) is 19.6 Å². The van der Waals surface area contributed by atoms with Gasteiger partial charge in [0.15, 0.2) is 17.4 Å². The zero-order valence-corrected chi connectivity index (χ0v) is 20.8. The van der Waals surface area contributed by atoms with Crippen LogP contribution in [-0.4, -0.2) is 73.2 Å². The van der Waals surface area contributed by atoms with Crippen molar-refractivity contribution in [3.05, 3.63) is 53.1 Å². The largest absolute Gasteiger partial charge is 0.451 e. The third-order valence-electron chi connectivity index (χ3n) is 4.49. The number of benzene rings is 2. The van der Waals surface area contributed by atoms with Crippen LogP contribution in [0.3, 0.4) is 0 Å². The number of sulfonamides is 1. The fourth-order valence-corrected chi connectivity index (χ4v) is 4.25. The Bertz CT molecular complexity index is 1210. The molecule has 0 aliphatic carbocycles. The lowest BCUT2D eigenvalue weighted by molar-refractivity contribution is -0.129. The lowest BCUT2D eigenvalue weighted by atomic mass is 10.3. The van der Waals surface area contributed by atoms with E-state index in [9.17, 15) is 31.6 Å². The average molecular weight is 569 g/mol. The molecule has 0 fully saturated rings. The van der Waals surface area contributed by atoms with E-state index in [1.54, 1.807) is 0 Å². The fraction of sp³-hybridized carbons (Fsp3) is 0.250. The number of likely N-dealkylation sites (N-methyl/N-ethyl adjacent to an activating group) is 1. The Morgan fingerprint density at radius 3 is 2.17 bits per heavy atom. The summed E-state index contributed by atoms with van der Waals surface area (Å²) in [6.45, 7) is -1.87. The predicted octanol–water partition coefficient (Wildman–Crippen LogP) is 2.31. The number of rotatable bonds is 10. The normalized spacial score (nSPS) is 11.2. The average Bonchev–Trinajstić information content (AvgIpc) is 2.84. The molecule has 196 valence electrons. The summed E-state index contributed by atoms with van der Waals surface area (Å²) in [4.78, 5) is 34.9. The molecule has 16 heteroatoms. The number of carbonyl (C=O) groups is 3. The van der Waals surface area contributed by atoms with Crippen LogP contribution in [0.15, 0.2) is 41.3 Å². The molecule has 0 bridgehead atoms. The SMILES string of the molecule is CN(CCN(CC(=O)NO)S(=O)(=O)c1cc(F)c(Oc2ccc(Cl)cc2)c(F)c1)C(=O)NC(=O)CCl. The Hall–Kier alpha value is -3.04. The molecule has 0 saturated heterocycles. The van der Waals surface area contributed by atoms with Gasteiger partial charge in [-0.3, -0.25) is 20.1 Å². The molecule has 0 unspecified atom stereocenters. The van der Waals surface area contributed by atoms with E-state index in [2.05, 4.69) is 0 Å². The number of nitrogens with one attached hydrogen (secondary N) is 2. The molecule has 0 aromatic heterocycles. The molecule has 0 aliphatic heterocycles. The van der Waals surface area contributed by atoms with Crippen LogP contribution in [0.1, 0.15) is 0 Å². The van der Waals surface area contributed by atoms with Crippen molar-refractivity contribution in [3.63, 3.8) is 0 Å². The van der Waals surface area contributed by atoms with Gasteiger partial charge in [-0.1, -0.05) is 11.6 Å². The van der Waals surface area contributed by atoms with Crippen LogP contribution in [0.25, 0.3) is 0 Å². The molecule has 2 aromatic rings. The molecule has 0 radical (unpaired) electrons. The fourth-order valence-electron chi connectivity index (χ4n) is 2.64. The van der Waals surface area contributed by atoms with E-state index < -0.39 is 69.1 Å². The van der Waals surface area contributed by atoms with Gasteiger partial charge in [0, 0.05) is 25.2 Å². The Balaban J connectivity index is 2.30. The van der Waals surface area contributed by atoms with Crippen molar-refractivity contribution in [2.75, 3.05) is 32.6 Å². The highest BCUT2D eigenvalue weighted by Crippen LogP contribution is 2.31. The Morgan fingerprint density at radius 1 is 1.06 bits per heavy atom. The minimum Gasteiger partial charge on any atom is -0.451 e. The monoisotopic (exact) mass is 568 g/mol. The van der Waals surface area contributed by atoms with E-state index in [1.165, 1.54) is 36.8 Å². The number of amides is 4. The predicted molar refractivity (Wildman–Crippen MR) is 123 cm³/mol. The first-order valence-electron chi connectivity index (χ1n) is 9.85. The van der Waals surface area contributed by atoms with Crippen molar-refractivity contribution in [1.29, 1.82) is 0 Å². The highest BCUT2D eigenvalue weighted by Gasteiger charge is 2.30. The van der Waals surface area contributed by atoms with Crippen molar-refractivity contribution in [1.82, 2.24) is 20.0 Å². The number of alkyl halides is 1. The summed E-state index contributed by atoms with van der Waals surface area (Å²) in [6, 6.07) is 5.58. The number of nitrogens with zero attached hydrogens (tertiary/aromatic N) is 2. The standard InChI is InChI=1S/C20H20Cl2F2N4O7S/c1-27(20(31)25-17(29)10-21)6-7-28(11-18(30)26-32)36(33,34)14-8-15(23)19(16(24)9-14)35-13-4-2-12(22)3-5-13/h2-5,8-9,32H,6-7,10-11H2,1H3,(H,26,30)(H,25,29,31). The number of ether oxygens (including phenoxy) is 1. The van der Waals surface area contributed by atoms with E-state index in [4.69, 9.17) is 33.1 Å². The third-order valence-corrected chi connectivity index (χ3v) is 6.80. The first-order chi connectivity index (χ1) is 16.9. The number of carbonyl (C=O) groups excluding carboxylic acids is 3. The van der Waals surface area contributed by atoms with E-state index in [1.807, 2.05) is 5.32 Å². The zero-order valence-electron chi connectivity index (χ0n) is 18.5. The minimum absolute atomic E-state index is 0.0306. The summed E-state index contributed by atoms with van der Waals surface area (Å²) in [5, 5.41) is 11.1. The lowest BCUT2D eigenvalue weighted by Crippen LogP contribution is -2.47. The number of hydrogen-bond donors (Lipinski definition) is 3. The van der Waals surface area contributed by atoms with Gasteiger partial charge < -0.3 is 9.64 Å². The van der Waals surface area contributed by atoms with Gasteiger partial charge in [-0.15, -0.1) is 11.6 Å². The number of imide groups is 1. The number of hydroxylamine groups is 1. The molecule has 3 N–H and O–H groups in total. The smallest absolute Gasteiger partial charge is 0.323 e. The summed E-state index contributed by atoms with van der Waals surface area (Å²) >= 11 is 11.1. The van der Waals surface area contributed by atoms with E-state index in [0.717, 1.165) is 4.90 Å². The van der Waals surface area contributed by atoms with Crippen LogP contribution < -0.4 is 15.5 Å². The zero-order chi connectivity index (χ0) is 27.0. The van der Waals surface area contributed by atoms with Gasteiger partial charge in [-0.25, -0.2) is 27.5 Å². The quantitative estimate of drug-likeness (QED) is 0.226. The number of hydrogen-bond acceptors (Lipinski definition) is 7. The van der Waals surface area contributed by atoms with Gasteiger partial charge in [0.25, 0.3) is 5.91 Å². The summed E-state index contributed by atoms with van der Waals surface area (Å²) in [5.74, 6) is -6.02. The maximum absolute atomic E-state index is 14.7. The molecule has 2 rings (SSSR count). The molecule has 11 nitrogen and oxygen atoms in total. The molecule has 0 spiro atoms. The van der Waals surface area contributed by atoms with Gasteiger partial charge in [0.2, 0.25) is 15.9 Å². The molecule has 0 atom stereocenters. The summed E-state index contributed by atoms with van der Waals surface area (Å²) in [5.41, 5.74) is 1.25. The van der Waals surface area contributed by atoms with Crippen molar-refractivity contribution >= 4 is 51.1 Å². The summed E-state index contributed by atoms with van der Waals surface area (Å²) in [6.07, 6.45) is 0. The molecular weight excluding hydrogens is 549 g/mol. The molecule has 0 aliphatic rings. The lowest BCUT2D eigenvalue weighted by Gasteiger charge is -2.24. The van der Waals surface area contributed by atoms with Gasteiger partial charge in [-0.2, -0.15) is 4.31 Å². The molecule has 0 heterocycles.